The van der Waals surface area contributed by atoms with Crippen LogP contribution in [0.2, 0.25) is 0 Å². The van der Waals surface area contributed by atoms with Crippen LogP contribution in [0.25, 0.3) is 10.9 Å². The SMILES string of the molecule is CCOC(=O)N1CCC(n2c(=O)c3cc([N+](=O)[O-])ccc3n(C)c2=O)CC1. The molecule has 0 N–H and O–H groups in total. The van der Waals surface area contributed by atoms with Crippen LogP contribution in [0.1, 0.15) is 25.8 Å². The number of aryl methyl sites for hydroxylation is 1. The number of fused-ring (bicyclic) bond motifs is 1. The molecule has 1 amide bonds. The number of hydrogen-bond acceptors (Lipinski definition) is 6. The predicted octanol–water partition coefficient (Wildman–Crippen LogP) is 1.40. The molecule has 1 aliphatic rings. The van der Waals surface area contributed by atoms with Crippen LogP contribution in [0.3, 0.4) is 0 Å². The highest BCUT2D eigenvalue weighted by atomic mass is 16.6. The molecule has 144 valence electrons. The van der Waals surface area contributed by atoms with E-state index in [-0.39, 0.29) is 23.7 Å². The van der Waals surface area contributed by atoms with Gasteiger partial charge in [0, 0.05) is 38.3 Å². The van der Waals surface area contributed by atoms with Gasteiger partial charge in [0.1, 0.15) is 0 Å². The van der Waals surface area contributed by atoms with Crippen LogP contribution in [0.4, 0.5) is 10.5 Å². The number of nitrogens with zero attached hydrogens (tertiary/aromatic N) is 4. The van der Waals surface area contributed by atoms with E-state index in [1.807, 2.05) is 0 Å². The fourth-order valence-electron chi connectivity index (χ4n) is 3.43. The number of carbonyl (C=O) groups is 1. The average molecular weight is 376 g/mol. The van der Waals surface area contributed by atoms with Gasteiger partial charge in [0.25, 0.3) is 11.2 Å². The Hall–Kier alpha value is -3.17. The second-order valence-electron chi connectivity index (χ2n) is 6.39. The molecule has 0 radical (unpaired) electrons. The molecule has 0 aliphatic carbocycles. The van der Waals surface area contributed by atoms with Crippen LogP contribution in [0.15, 0.2) is 27.8 Å². The Labute approximate surface area is 153 Å². The summed E-state index contributed by atoms with van der Waals surface area (Å²) in [7, 11) is 1.53. The van der Waals surface area contributed by atoms with Gasteiger partial charge in [0.2, 0.25) is 0 Å². The molecule has 1 aromatic heterocycles. The lowest BCUT2D eigenvalue weighted by atomic mass is 10.0. The van der Waals surface area contributed by atoms with E-state index in [1.165, 1.54) is 29.8 Å². The fourth-order valence-corrected chi connectivity index (χ4v) is 3.43. The second kappa shape index (κ2) is 7.22. The highest BCUT2D eigenvalue weighted by molar-refractivity contribution is 5.80. The Kier molecular flexibility index (Phi) is 4.98. The van der Waals surface area contributed by atoms with Crippen molar-refractivity contribution in [1.82, 2.24) is 14.0 Å². The number of non-ortho nitro benzene ring substituents is 1. The molecule has 10 heteroatoms. The van der Waals surface area contributed by atoms with Gasteiger partial charge in [-0.25, -0.2) is 9.59 Å². The van der Waals surface area contributed by atoms with E-state index in [4.69, 9.17) is 4.74 Å². The molecule has 0 spiro atoms. The number of hydrogen-bond donors (Lipinski definition) is 0. The minimum absolute atomic E-state index is 0.124. The van der Waals surface area contributed by atoms with Crippen molar-refractivity contribution in [3.05, 3.63) is 49.2 Å². The summed E-state index contributed by atoms with van der Waals surface area (Å²) in [6.45, 7) is 2.74. The number of rotatable bonds is 3. The monoisotopic (exact) mass is 376 g/mol. The number of benzene rings is 1. The zero-order valence-electron chi connectivity index (χ0n) is 15.1. The molecule has 1 aromatic carbocycles. The van der Waals surface area contributed by atoms with E-state index in [9.17, 15) is 24.5 Å². The molecule has 0 saturated carbocycles. The van der Waals surface area contributed by atoms with Crippen LogP contribution in [0.5, 0.6) is 0 Å². The number of aromatic nitrogens is 2. The summed E-state index contributed by atoms with van der Waals surface area (Å²) in [6.07, 6.45) is 0.438. The summed E-state index contributed by atoms with van der Waals surface area (Å²) in [4.78, 5) is 49.4. The number of nitro benzene ring substituents is 1. The van der Waals surface area contributed by atoms with Crippen molar-refractivity contribution in [1.29, 1.82) is 0 Å². The molecule has 27 heavy (non-hydrogen) atoms. The smallest absolute Gasteiger partial charge is 0.409 e. The Morgan fingerprint density at radius 3 is 2.56 bits per heavy atom. The Balaban J connectivity index is 2.00. The van der Waals surface area contributed by atoms with Gasteiger partial charge in [-0.2, -0.15) is 0 Å². The minimum atomic E-state index is -0.577. The number of likely N-dealkylation sites (tertiary alicyclic amines) is 1. The predicted molar refractivity (Wildman–Crippen MR) is 97.0 cm³/mol. The van der Waals surface area contributed by atoms with E-state index < -0.39 is 22.3 Å². The highest BCUT2D eigenvalue weighted by Gasteiger charge is 2.27. The Morgan fingerprint density at radius 2 is 1.96 bits per heavy atom. The molecule has 3 rings (SSSR count). The molecule has 0 bridgehead atoms. The van der Waals surface area contributed by atoms with Crippen LogP contribution >= 0.6 is 0 Å². The van der Waals surface area contributed by atoms with Gasteiger partial charge in [-0.1, -0.05) is 0 Å². The van der Waals surface area contributed by atoms with Gasteiger partial charge in [-0.05, 0) is 25.8 Å². The van der Waals surface area contributed by atoms with Crippen molar-refractivity contribution in [2.75, 3.05) is 19.7 Å². The largest absolute Gasteiger partial charge is 0.450 e. The van der Waals surface area contributed by atoms with Gasteiger partial charge in [0.15, 0.2) is 0 Å². The van der Waals surface area contributed by atoms with Gasteiger partial charge in [-0.3, -0.25) is 24.0 Å². The lowest BCUT2D eigenvalue weighted by Gasteiger charge is -2.32. The highest BCUT2D eigenvalue weighted by Crippen LogP contribution is 2.22. The quantitative estimate of drug-likeness (QED) is 0.590. The minimum Gasteiger partial charge on any atom is -0.450 e. The van der Waals surface area contributed by atoms with Crippen LogP contribution in [-0.4, -0.2) is 44.7 Å². The number of ether oxygens (including phenoxy) is 1. The Morgan fingerprint density at radius 1 is 1.30 bits per heavy atom. The lowest BCUT2D eigenvalue weighted by molar-refractivity contribution is -0.384. The van der Waals surface area contributed by atoms with E-state index >= 15 is 0 Å². The summed E-state index contributed by atoms with van der Waals surface area (Å²) in [5, 5.41) is 11.2. The van der Waals surface area contributed by atoms with E-state index in [1.54, 1.807) is 11.8 Å². The number of piperidine rings is 1. The average Bonchev–Trinajstić information content (AvgIpc) is 2.66. The van der Waals surface area contributed by atoms with Gasteiger partial charge in [-0.15, -0.1) is 0 Å². The van der Waals surface area contributed by atoms with Crippen molar-refractivity contribution in [2.45, 2.75) is 25.8 Å². The number of nitro groups is 1. The van der Waals surface area contributed by atoms with E-state index in [2.05, 4.69) is 0 Å². The first-order valence-corrected chi connectivity index (χ1v) is 8.66. The molecule has 1 saturated heterocycles. The van der Waals surface area contributed by atoms with Crippen molar-refractivity contribution >= 4 is 22.7 Å². The molecule has 0 atom stereocenters. The standard InChI is InChI=1S/C17H20N4O6/c1-3-27-17(24)19-8-6-11(7-9-19)20-15(22)13-10-12(21(25)26)4-5-14(13)18(2)16(20)23/h4-5,10-11H,3,6-9H2,1-2H3. The van der Waals surface area contributed by atoms with E-state index in [0.717, 1.165) is 4.57 Å². The zero-order chi connectivity index (χ0) is 19.7. The van der Waals surface area contributed by atoms with Gasteiger partial charge in [0.05, 0.1) is 22.4 Å². The normalized spacial score (nSPS) is 15.1. The molecule has 2 heterocycles. The maximum atomic E-state index is 12.9. The number of amides is 1. The number of carbonyl (C=O) groups excluding carboxylic acids is 1. The summed E-state index contributed by atoms with van der Waals surface area (Å²) in [5.74, 6) is 0. The van der Waals surface area contributed by atoms with Crippen LogP contribution in [0, 0.1) is 10.1 Å². The second-order valence-corrected chi connectivity index (χ2v) is 6.39. The molecule has 1 aliphatic heterocycles. The Bertz CT molecular complexity index is 1020. The molecule has 0 unspecified atom stereocenters. The first kappa shape index (κ1) is 18.6. The summed E-state index contributed by atoms with van der Waals surface area (Å²) in [6, 6.07) is 3.49. The van der Waals surface area contributed by atoms with Gasteiger partial charge < -0.3 is 9.64 Å². The first-order valence-electron chi connectivity index (χ1n) is 8.66. The van der Waals surface area contributed by atoms with Crippen LogP contribution in [-0.2, 0) is 11.8 Å². The fraction of sp³-hybridized carbons (Fsp3) is 0.471. The zero-order valence-corrected chi connectivity index (χ0v) is 15.1. The molecular weight excluding hydrogens is 356 g/mol. The first-order chi connectivity index (χ1) is 12.8. The third-order valence-corrected chi connectivity index (χ3v) is 4.85. The lowest BCUT2D eigenvalue weighted by Crippen LogP contribution is -2.46. The molecule has 1 fully saturated rings. The molecular formula is C17H20N4O6. The molecule has 10 nitrogen and oxygen atoms in total. The van der Waals surface area contributed by atoms with Crippen LogP contribution < -0.4 is 11.2 Å². The topological polar surface area (TPSA) is 117 Å². The maximum absolute atomic E-state index is 12.9. The van der Waals surface area contributed by atoms with Crippen molar-refractivity contribution in [3.8, 4) is 0 Å². The maximum Gasteiger partial charge on any atom is 0.409 e. The summed E-state index contributed by atoms with van der Waals surface area (Å²) >= 11 is 0. The molecule has 2 aromatic rings. The van der Waals surface area contributed by atoms with Crippen molar-refractivity contribution in [3.63, 3.8) is 0 Å². The van der Waals surface area contributed by atoms with Gasteiger partial charge >= 0.3 is 11.8 Å². The summed E-state index contributed by atoms with van der Waals surface area (Å²) < 4.78 is 7.44. The third-order valence-electron chi connectivity index (χ3n) is 4.85. The summed E-state index contributed by atoms with van der Waals surface area (Å²) in [5.41, 5.74) is -0.889. The van der Waals surface area contributed by atoms with E-state index in [0.29, 0.717) is 31.4 Å². The van der Waals surface area contributed by atoms with Crippen molar-refractivity contribution < 1.29 is 14.5 Å². The third kappa shape index (κ3) is 3.29. The van der Waals surface area contributed by atoms with Crippen molar-refractivity contribution in [2.24, 2.45) is 7.05 Å².